The summed E-state index contributed by atoms with van der Waals surface area (Å²) < 4.78 is 27.6. The molecule has 0 atom stereocenters. The molecule has 0 saturated heterocycles. The predicted molar refractivity (Wildman–Crippen MR) is 113 cm³/mol. The molecule has 1 N–H and O–H groups in total. The molecule has 0 unspecified atom stereocenters. The fourth-order valence-corrected chi connectivity index (χ4v) is 4.60. The van der Waals surface area contributed by atoms with E-state index in [1.54, 1.807) is 24.3 Å². The van der Waals surface area contributed by atoms with Crippen molar-refractivity contribution in [3.8, 4) is 0 Å². The number of amides is 1. The van der Waals surface area contributed by atoms with Crippen LogP contribution in [0.15, 0.2) is 71.6 Å². The number of hydrogen-bond donors (Lipinski definition) is 1. The Kier molecular flexibility index (Phi) is 6.11. The summed E-state index contributed by atoms with van der Waals surface area (Å²) in [6, 6.07) is 20.1. The van der Waals surface area contributed by atoms with Gasteiger partial charge in [-0.2, -0.15) is 4.31 Å². The normalized spacial score (nSPS) is 11.7. The summed E-state index contributed by atoms with van der Waals surface area (Å²) in [6.45, 7) is 3.83. The number of hydrogen-bond acceptors (Lipinski definition) is 3. The maximum atomic E-state index is 13.2. The molecule has 0 radical (unpaired) electrons. The number of carbonyl (C=O) groups is 1. The number of nitrogens with one attached hydrogen (secondary N) is 1. The van der Waals surface area contributed by atoms with Gasteiger partial charge in [-0.25, -0.2) is 8.42 Å². The monoisotopic (exact) mass is 396 g/mol. The van der Waals surface area contributed by atoms with E-state index in [0.29, 0.717) is 12.1 Å². The van der Waals surface area contributed by atoms with Crippen molar-refractivity contribution in [2.75, 3.05) is 18.4 Å². The van der Waals surface area contributed by atoms with Gasteiger partial charge in [-0.3, -0.25) is 4.79 Å². The smallest absolute Gasteiger partial charge is 0.243 e. The first-order chi connectivity index (χ1) is 13.4. The first kappa shape index (κ1) is 20.0. The summed E-state index contributed by atoms with van der Waals surface area (Å²) in [5, 5.41) is 4.63. The van der Waals surface area contributed by atoms with E-state index in [1.807, 2.05) is 56.3 Å². The zero-order chi connectivity index (χ0) is 20.1. The molecular formula is C22H24N2O3S. The maximum absolute atomic E-state index is 13.2. The molecule has 5 nitrogen and oxygen atoms in total. The highest BCUT2D eigenvalue weighted by Gasteiger charge is 2.26. The van der Waals surface area contributed by atoms with E-state index < -0.39 is 10.0 Å². The third-order valence-electron chi connectivity index (χ3n) is 4.57. The number of rotatable bonds is 7. The number of sulfonamides is 1. The fourth-order valence-electron chi connectivity index (χ4n) is 3.07. The summed E-state index contributed by atoms with van der Waals surface area (Å²) in [4.78, 5) is 12.7. The Balaban J connectivity index is 1.84. The van der Waals surface area contributed by atoms with E-state index in [0.717, 1.165) is 16.3 Å². The van der Waals surface area contributed by atoms with E-state index in [1.165, 1.54) is 4.31 Å². The van der Waals surface area contributed by atoms with Gasteiger partial charge in [0.25, 0.3) is 0 Å². The van der Waals surface area contributed by atoms with E-state index in [9.17, 15) is 13.2 Å². The van der Waals surface area contributed by atoms with Gasteiger partial charge in [-0.15, -0.1) is 0 Å². The molecule has 0 heterocycles. The Morgan fingerprint density at radius 2 is 1.64 bits per heavy atom. The van der Waals surface area contributed by atoms with Gasteiger partial charge in [0, 0.05) is 12.2 Å². The second-order valence-electron chi connectivity index (χ2n) is 6.71. The van der Waals surface area contributed by atoms with E-state index >= 15 is 0 Å². The highest BCUT2D eigenvalue weighted by molar-refractivity contribution is 7.89. The molecule has 0 saturated carbocycles. The van der Waals surface area contributed by atoms with Crippen LogP contribution in [0.2, 0.25) is 0 Å². The minimum absolute atomic E-state index is 0.198. The van der Waals surface area contributed by atoms with E-state index in [2.05, 4.69) is 5.32 Å². The molecule has 146 valence electrons. The van der Waals surface area contributed by atoms with Crippen LogP contribution in [-0.2, 0) is 14.8 Å². The molecule has 1 amide bonds. The largest absolute Gasteiger partial charge is 0.325 e. The highest BCUT2D eigenvalue weighted by atomic mass is 32.2. The van der Waals surface area contributed by atoms with E-state index in [-0.39, 0.29) is 23.9 Å². The van der Waals surface area contributed by atoms with Crippen molar-refractivity contribution in [1.29, 1.82) is 0 Å². The van der Waals surface area contributed by atoms with Crippen LogP contribution in [-0.4, -0.2) is 31.7 Å². The van der Waals surface area contributed by atoms with Crippen LogP contribution in [0.25, 0.3) is 10.8 Å². The fraction of sp³-hybridized carbons (Fsp3) is 0.227. The van der Waals surface area contributed by atoms with Gasteiger partial charge in [0.2, 0.25) is 15.9 Å². The summed E-state index contributed by atoms with van der Waals surface area (Å²) in [5.74, 6) is -0.355. The van der Waals surface area contributed by atoms with Crippen molar-refractivity contribution < 1.29 is 13.2 Å². The molecule has 0 aliphatic carbocycles. The third-order valence-corrected chi connectivity index (χ3v) is 6.41. The third kappa shape index (κ3) is 4.40. The second kappa shape index (κ2) is 8.54. The first-order valence-corrected chi connectivity index (χ1v) is 10.7. The zero-order valence-electron chi connectivity index (χ0n) is 16.1. The molecule has 0 aromatic heterocycles. The van der Waals surface area contributed by atoms with Gasteiger partial charge in [-0.05, 0) is 47.9 Å². The molecule has 28 heavy (non-hydrogen) atoms. The van der Waals surface area contributed by atoms with Crippen LogP contribution in [0.4, 0.5) is 5.69 Å². The van der Waals surface area contributed by atoms with Crippen molar-refractivity contribution in [2.24, 2.45) is 0 Å². The van der Waals surface area contributed by atoms with Crippen LogP contribution in [0.3, 0.4) is 0 Å². The molecule has 0 aliphatic heterocycles. The molecule has 0 spiro atoms. The molecule has 6 heteroatoms. The number of benzene rings is 3. The van der Waals surface area contributed by atoms with Gasteiger partial charge < -0.3 is 5.32 Å². The Morgan fingerprint density at radius 3 is 2.36 bits per heavy atom. The van der Waals surface area contributed by atoms with Crippen LogP contribution < -0.4 is 5.32 Å². The summed E-state index contributed by atoms with van der Waals surface area (Å²) in [7, 11) is -3.78. The number of nitrogens with zero attached hydrogens (tertiary/aromatic N) is 1. The topological polar surface area (TPSA) is 66.5 Å². The predicted octanol–water partition coefficient (Wildman–Crippen LogP) is 4.19. The Bertz CT molecular complexity index is 1090. The lowest BCUT2D eigenvalue weighted by molar-refractivity contribution is -0.116. The summed E-state index contributed by atoms with van der Waals surface area (Å²) in [5.41, 5.74) is 1.61. The maximum Gasteiger partial charge on any atom is 0.243 e. The number of carbonyl (C=O) groups excluding carboxylic acids is 1. The highest BCUT2D eigenvalue weighted by Crippen LogP contribution is 2.22. The summed E-state index contributed by atoms with van der Waals surface area (Å²) >= 11 is 0. The van der Waals surface area contributed by atoms with Gasteiger partial charge in [0.1, 0.15) is 0 Å². The molecule has 3 rings (SSSR count). The van der Waals surface area contributed by atoms with Crippen LogP contribution in [0.5, 0.6) is 0 Å². The number of fused-ring (bicyclic) bond motifs is 1. The van der Waals surface area contributed by atoms with Gasteiger partial charge in [0.05, 0.1) is 11.4 Å². The van der Waals surface area contributed by atoms with Crippen LogP contribution in [0.1, 0.15) is 18.9 Å². The van der Waals surface area contributed by atoms with Crippen molar-refractivity contribution in [1.82, 2.24) is 4.31 Å². The van der Waals surface area contributed by atoms with Crippen LogP contribution >= 0.6 is 0 Å². The first-order valence-electron chi connectivity index (χ1n) is 9.26. The van der Waals surface area contributed by atoms with Gasteiger partial charge >= 0.3 is 0 Å². The van der Waals surface area contributed by atoms with Crippen molar-refractivity contribution in [2.45, 2.75) is 25.2 Å². The van der Waals surface area contributed by atoms with Gasteiger partial charge in [0.15, 0.2) is 0 Å². The van der Waals surface area contributed by atoms with Gasteiger partial charge in [-0.1, -0.05) is 55.5 Å². The van der Waals surface area contributed by atoms with Crippen molar-refractivity contribution in [3.05, 3.63) is 72.3 Å². The quantitative estimate of drug-likeness (QED) is 0.651. The summed E-state index contributed by atoms with van der Waals surface area (Å²) in [6.07, 6.45) is 0.616. The Hall–Kier alpha value is -2.70. The minimum Gasteiger partial charge on any atom is -0.325 e. The Labute approximate surface area is 166 Å². The van der Waals surface area contributed by atoms with Crippen molar-refractivity contribution in [3.63, 3.8) is 0 Å². The molecule has 0 aliphatic rings. The lowest BCUT2D eigenvalue weighted by Crippen LogP contribution is -2.38. The standard InChI is InChI=1S/C22H24N2O3S/c1-3-14-24(16-22(25)23-21-11-7-4-8-17(21)2)28(26,27)20-13-12-18-9-5-6-10-19(18)15-20/h4-13,15H,3,14,16H2,1-2H3,(H,23,25). The SMILES string of the molecule is CCCN(CC(=O)Nc1ccccc1C)S(=O)(=O)c1ccc2ccccc2c1. The second-order valence-corrected chi connectivity index (χ2v) is 8.65. The molecule has 3 aromatic carbocycles. The number of anilines is 1. The molecule has 3 aromatic rings. The van der Waals surface area contributed by atoms with E-state index in [4.69, 9.17) is 0 Å². The average Bonchev–Trinajstić information content (AvgIpc) is 2.69. The molecular weight excluding hydrogens is 372 g/mol. The number of para-hydroxylation sites is 1. The zero-order valence-corrected chi connectivity index (χ0v) is 16.9. The van der Waals surface area contributed by atoms with Crippen molar-refractivity contribution >= 4 is 32.4 Å². The Morgan fingerprint density at radius 1 is 0.964 bits per heavy atom. The number of aryl methyl sites for hydroxylation is 1. The molecule has 0 bridgehead atoms. The average molecular weight is 397 g/mol. The molecule has 0 fully saturated rings. The minimum atomic E-state index is -3.78. The lowest BCUT2D eigenvalue weighted by atomic mass is 10.1. The van der Waals surface area contributed by atoms with Crippen LogP contribution in [0, 0.1) is 6.92 Å². The lowest BCUT2D eigenvalue weighted by Gasteiger charge is -2.21.